The molecule has 0 saturated carbocycles. The minimum Gasteiger partial charge on any atom is -0.487 e. The van der Waals surface area contributed by atoms with Gasteiger partial charge in [0.2, 0.25) is 0 Å². The molecular weight excluding hydrogens is 272 g/mol. The van der Waals surface area contributed by atoms with Crippen LogP contribution in [0.25, 0.3) is 0 Å². The molecule has 0 aliphatic rings. The number of alkyl halides is 2. The van der Waals surface area contributed by atoms with Crippen LogP contribution >= 0.6 is 0 Å². The summed E-state index contributed by atoms with van der Waals surface area (Å²) < 4.78 is 33.1. The van der Waals surface area contributed by atoms with E-state index in [1.54, 1.807) is 30.3 Å². The molecule has 2 aromatic carbocycles. The number of benzene rings is 2. The van der Waals surface area contributed by atoms with Gasteiger partial charge in [-0.2, -0.15) is 8.78 Å². The summed E-state index contributed by atoms with van der Waals surface area (Å²) in [6.07, 6.45) is 0.826. The van der Waals surface area contributed by atoms with Crippen molar-refractivity contribution in [1.29, 1.82) is 0 Å². The lowest BCUT2D eigenvalue weighted by atomic mass is 10.1. The SMILES string of the molecule is CC[C@H](N)c1ccc(OCC(F)(F)c2ccccc2)cc1. The summed E-state index contributed by atoms with van der Waals surface area (Å²) in [4.78, 5) is 0. The van der Waals surface area contributed by atoms with E-state index >= 15 is 0 Å². The molecule has 2 rings (SSSR count). The van der Waals surface area contributed by atoms with Crippen LogP contribution in [0.15, 0.2) is 54.6 Å². The van der Waals surface area contributed by atoms with Crippen LogP contribution < -0.4 is 10.5 Å². The Hall–Kier alpha value is -1.94. The van der Waals surface area contributed by atoms with Crippen LogP contribution in [0.5, 0.6) is 5.75 Å². The molecular formula is C17H19F2NO. The minimum absolute atomic E-state index is 0.0372. The first-order chi connectivity index (χ1) is 10.0. The summed E-state index contributed by atoms with van der Waals surface area (Å²) in [6.45, 7) is 1.31. The molecule has 0 amide bonds. The lowest BCUT2D eigenvalue weighted by molar-refractivity contribution is -0.0467. The molecule has 2 aromatic rings. The zero-order valence-electron chi connectivity index (χ0n) is 11.9. The highest BCUT2D eigenvalue weighted by Gasteiger charge is 2.32. The quantitative estimate of drug-likeness (QED) is 0.862. The van der Waals surface area contributed by atoms with Crippen molar-refractivity contribution in [3.63, 3.8) is 0 Å². The number of rotatable bonds is 6. The van der Waals surface area contributed by atoms with Gasteiger partial charge in [0.15, 0.2) is 6.61 Å². The Morgan fingerprint density at radius 2 is 1.67 bits per heavy atom. The molecule has 2 nitrogen and oxygen atoms in total. The normalized spacial score (nSPS) is 13.0. The monoisotopic (exact) mass is 291 g/mol. The number of halogens is 2. The molecule has 0 aliphatic carbocycles. The summed E-state index contributed by atoms with van der Waals surface area (Å²) in [7, 11) is 0. The van der Waals surface area contributed by atoms with Gasteiger partial charge in [-0.15, -0.1) is 0 Å². The van der Waals surface area contributed by atoms with Gasteiger partial charge < -0.3 is 10.5 Å². The second kappa shape index (κ2) is 6.68. The highest BCUT2D eigenvalue weighted by Crippen LogP contribution is 2.29. The van der Waals surface area contributed by atoms with Crippen molar-refractivity contribution in [3.8, 4) is 5.75 Å². The molecule has 0 fully saturated rings. The second-order valence-corrected chi connectivity index (χ2v) is 4.94. The minimum atomic E-state index is -3.01. The summed E-state index contributed by atoms with van der Waals surface area (Å²) >= 11 is 0. The van der Waals surface area contributed by atoms with E-state index in [-0.39, 0.29) is 11.6 Å². The standard InChI is InChI=1S/C17H19F2NO/c1-2-16(20)13-8-10-15(11-9-13)21-12-17(18,19)14-6-4-3-5-7-14/h3-11,16H,2,12,20H2,1H3/t16-/m0/s1. The molecule has 0 unspecified atom stereocenters. The predicted octanol–water partition coefficient (Wildman–Crippen LogP) is 4.27. The Kier molecular flexibility index (Phi) is 4.91. The van der Waals surface area contributed by atoms with Crippen molar-refractivity contribution in [2.75, 3.05) is 6.61 Å². The largest absolute Gasteiger partial charge is 0.487 e. The van der Waals surface area contributed by atoms with Crippen LogP contribution in [-0.4, -0.2) is 6.61 Å². The Morgan fingerprint density at radius 1 is 1.05 bits per heavy atom. The van der Waals surface area contributed by atoms with E-state index in [0.29, 0.717) is 5.75 Å². The summed E-state index contributed by atoms with van der Waals surface area (Å²) in [5.41, 5.74) is 6.83. The molecule has 0 aromatic heterocycles. The van der Waals surface area contributed by atoms with Gasteiger partial charge >= 0.3 is 5.92 Å². The highest BCUT2D eigenvalue weighted by atomic mass is 19.3. The zero-order valence-corrected chi connectivity index (χ0v) is 11.9. The molecule has 0 saturated heterocycles. The number of nitrogens with two attached hydrogens (primary N) is 1. The lowest BCUT2D eigenvalue weighted by Crippen LogP contribution is -2.23. The topological polar surface area (TPSA) is 35.2 Å². The molecule has 0 bridgehead atoms. The van der Waals surface area contributed by atoms with E-state index in [1.165, 1.54) is 12.1 Å². The van der Waals surface area contributed by atoms with Crippen molar-refractivity contribution in [2.45, 2.75) is 25.3 Å². The molecule has 0 radical (unpaired) electrons. The first-order valence-corrected chi connectivity index (χ1v) is 6.94. The van der Waals surface area contributed by atoms with Gasteiger partial charge in [0.1, 0.15) is 5.75 Å². The van der Waals surface area contributed by atoms with Crippen LogP contribution in [0.2, 0.25) is 0 Å². The molecule has 0 heterocycles. The maximum atomic E-state index is 14.0. The van der Waals surface area contributed by atoms with E-state index in [4.69, 9.17) is 10.5 Å². The summed E-state index contributed by atoms with van der Waals surface area (Å²) in [6, 6.07) is 14.6. The van der Waals surface area contributed by atoms with Crippen LogP contribution in [0, 0.1) is 0 Å². The van der Waals surface area contributed by atoms with E-state index in [9.17, 15) is 8.78 Å². The number of ether oxygens (including phenoxy) is 1. The third kappa shape index (κ3) is 4.02. The van der Waals surface area contributed by atoms with Crippen molar-refractivity contribution >= 4 is 0 Å². The van der Waals surface area contributed by atoms with Crippen molar-refractivity contribution in [3.05, 3.63) is 65.7 Å². The smallest absolute Gasteiger partial charge is 0.306 e. The molecule has 112 valence electrons. The second-order valence-electron chi connectivity index (χ2n) is 4.94. The van der Waals surface area contributed by atoms with Gasteiger partial charge in [0.05, 0.1) is 0 Å². The van der Waals surface area contributed by atoms with Crippen molar-refractivity contribution < 1.29 is 13.5 Å². The zero-order chi connectivity index (χ0) is 15.3. The predicted molar refractivity (Wildman–Crippen MR) is 79.5 cm³/mol. The maximum Gasteiger partial charge on any atom is 0.306 e. The van der Waals surface area contributed by atoms with Gasteiger partial charge in [-0.3, -0.25) is 0 Å². The third-order valence-electron chi connectivity index (χ3n) is 3.36. The third-order valence-corrected chi connectivity index (χ3v) is 3.36. The molecule has 4 heteroatoms. The molecule has 0 aliphatic heterocycles. The summed E-state index contributed by atoms with van der Waals surface area (Å²) in [5.74, 6) is -2.60. The number of hydrogen-bond acceptors (Lipinski definition) is 2. The molecule has 1 atom stereocenters. The average molecular weight is 291 g/mol. The fourth-order valence-electron chi connectivity index (χ4n) is 1.99. The van der Waals surface area contributed by atoms with E-state index in [0.717, 1.165) is 12.0 Å². The van der Waals surface area contributed by atoms with E-state index < -0.39 is 12.5 Å². The van der Waals surface area contributed by atoms with Crippen LogP contribution in [0.3, 0.4) is 0 Å². The first-order valence-electron chi connectivity index (χ1n) is 6.94. The van der Waals surface area contributed by atoms with Gasteiger partial charge in [-0.25, -0.2) is 0 Å². The van der Waals surface area contributed by atoms with E-state index in [2.05, 4.69) is 0 Å². The highest BCUT2D eigenvalue weighted by molar-refractivity contribution is 5.29. The first kappa shape index (κ1) is 15.4. The van der Waals surface area contributed by atoms with Crippen LogP contribution in [0.1, 0.15) is 30.5 Å². The number of hydrogen-bond donors (Lipinski definition) is 1. The van der Waals surface area contributed by atoms with Crippen molar-refractivity contribution in [2.24, 2.45) is 5.73 Å². The van der Waals surface area contributed by atoms with Gasteiger partial charge in [-0.1, -0.05) is 49.4 Å². The molecule has 2 N–H and O–H groups in total. The Bertz CT molecular complexity index is 555. The fraction of sp³-hybridized carbons (Fsp3) is 0.294. The maximum absolute atomic E-state index is 14.0. The summed E-state index contributed by atoms with van der Waals surface area (Å²) in [5, 5.41) is 0. The molecule has 0 spiro atoms. The van der Waals surface area contributed by atoms with Crippen molar-refractivity contribution in [1.82, 2.24) is 0 Å². The van der Waals surface area contributed by atoms with Gasteiger partial charge in [-0.05, 0) is 24.1 Å². The van der Waals surface area contributed by atoms with Crippen LogP contribution in [-0.2, 0) is 5.92 Å². The lowest BCUT2D eigenvalue weighted by Gasteiger charge is -2.18. The van der Waals surface area contributed by atoms with Gasteiger partial charge in [0.25, 0.3) is 0 Å². The average Bonchev–Trinajstić information content (AvgIpc) is 2.53. The Labute approximate surface area is 123 Å². The van der Waals surface area contributed by atoms with Crippen LogP contribution in [0.4, 0.5) is 8.78 Å². The van der Waals surface area contributed by atoms with E-state index in [1.807, 2.05) is 19.1 Å². The Balaban J connectivity index is 1.99. The Morgan fingerprint density at radius 3 is 2.24 bits per heavy atom. The fourth-order valence-corrected chi connectivity index (χ4v) is 1.99. The van der Waals surface area contributed by atoms with Gasteiger partial charge in [0, 0.05) is 11.6 Å². The molecule has 21 heavy (non-hydrogen) atoms.